The van der Waals surface area contributed by atoms with Gasteiger partial charge in [0.05, 0.1) is 11.4 Å². The molecule has 4 nitrogen and oxygen atoms in total. The normalized spacial score (nSPS) is 14.8. The Hall–Kier alpha value is -2.75. The van der Waals surface area contributed by atoms with Gasteiger partial charge in [0.25, 0.3) is 0 Å². The van der Waals surface area contributed by atoms with Crippen LogP contribution in [0, 0.1) is 6.07 Å². The number of ether oxygens (including phenoxy) is 1. The van der Waals surface area contributed by atoms with Gasteiger partial charge in [-0.2, -0.15) is 0 Å². The van der Waals surface area contributed by atoms with E-state index < -0.39 is 7.81 Å². The summed E-state index contributed by atoms with van der Waals surface area (Å²) < 4.78 is 67.1. The van der Waals surface area contributed by atoms with E-state index in [1.54, 1.807) is 7.11 Å². The average molecular weight is 821 g/mol. The predicted molar refractivity (Wildman–Crippen MR) is 163 cm³/mol. The second kappa shape index (κ2) is 13.7. The van der Waals surface area contributed by atoms with E-state index in [1.165, 1.54) is 24.0 Å². The van der Waals surface area contributed by atoms with Crippen molar-refractivity contribution < 1.29 is 49.3 Å². The third kappa shape index (κ3) is 14.4. The van der Waals surface area contributed by atoms with Crippen LogP contribution in [0.25, 0.3) is 22.6 Å². The molecular weight excluding hydrogens is 782 g/mol. The summed E-state index contributed by atoms with van der Waals surface area (Å²) in [4.78, 5) is 11.7. The molecule has 0 radical (unpaired) electrons. The third-order valence-electron chi connectivity index (χ3n) is 6.30. The van der Waals surface area contributed by atoms with Crippen LogP contribution in [-0.2, 0) is 34.9 Å². The van der Waals surface area contributed by atoms with Gasteiger partial charge in [0.15, 0.2) is 0 Å². The summed E-state index contributed by atoms with van der Waals surface area (Å²) in [6.45, 7) is 15.5. The molecule has 3 heterocycles. The zero-order chi connectivity index (χ0) is 33.5. The summed E-state index contributed by atoms with van der Waals surface area (Å²) in [6.07, 6.45) is 4.40. The number of methoxy groups -OCH3 is 1. The van der Waals surface area contributed by atoms with Crippen LogP contribution in [-0.4, -0.2) is 39.1 Å². The van der Waals surface area contributed by atoms with Gasteiger partial charge in [-0.1, -0.05) is 47.6 Å². The van der Waals surface area contributed by atoms with Gasteiger partial charge in [-0.05, 0) is 45.8 Å². The molecule has 1 saturated heterocycles. The number of hydrogen-bond donors (Lipinski definition) is 0. The fourth-order valence-corrected chi connectivity index (χ4v) is 4.28. The fourth-order valence-electron chi connectivity index (χ4n) is 4.04. The Bertz CT molecular complexity index is 1490. The Balaban J connectivity index is 0.000000308. The van der Waals surface area contributed by atoms with E-state index in [4.69, 9.17) is 9.72 Å². The van der Waals surface area contributed by atoms with E-state index in [-0.39, 0.29) is 10.8 Å². The predicted octanol–water partition coefficient (Wildman–Crippen LogP) is 10.3. The molecule has 246 valence electrons. The molecule has 0 amide bonds. The number of nitrogens with zero attached hydrogens (tertiary/aromatic N) is 3. The quantitative estimate of drug-likeness (QED) is 0.0864. The van der Waals surface area contributed by atoms with Crippen LogP contribution in [0.15, 0.2) is 66.3 Å². The van der Waals surface area contributed by atoms with Crippen molar-refractivity contribution in [2.75, 3.05) is 20.2 Å². The molecule has 0 atom stereocenters. The average Bonchev–Trinajstić information content (AvgIpc) is 3.45. The molecule has 2 aromatic heterocycles. The second-order valence-electron chi connectivity index (χ2n) is 12.2. The molecule has 0 unspecified atom stereocenters. The van der Waals surface area contributed by atoms with Crippen molar-refractivity contribution in [3.63, 3.8) is 0 Å². The molecular formula is C32H38F6N3OPPt-2. The van der Waals surface area contributed by atoms with E-state index in [2.05, 4.69) is 97.6 Å². The van der Waals surface area contributed by atoms with Gasteiger partial charge in [-0.25, -0.2) is 0 Å². The van der Waals surface area contributed by atoms with Crippen LogP contribution in [0.3, 0.4) is 0 Å². The van der Waals surface area contributed by atoms with Gasteiger partial charge < -0.3 is 0 Å². The van der Waals surface area contributed by atoms with Crippen LogP contribution < -0.4 is 0 Å². The minimum atomic E-state index is -10.7. The number of aromatic nitrogens is 2. The van der Waals surface area contributed by atoms with E-state index in [0.29, 0.717) is 0 Å². The van der Waals surface area contributed by atoms with Gasteiger partial charge in [-0.15, -0.1) is 35.9 Å². The van der Waals surface area contributed by atoms with Crippen molar-refractivity contribution in [2.45, 2.75) is 65.2 Å². The summed E-state index contributed by atoms with van der Waals surface area (Å²) in [6, 6.07) is 19.9. The maximum atomic E-state index is 9.87. The van der Waals surface area contributed by atoms with Gasteiger partial charge in [0, 0.05) is 6.20 Å². The first kappa shape index (κ1) is 37.4. The molecule has 1 aliphatic heterocycles. The van der Waals surface area contributed by atoms with Crippen molar-refractivity contribution in [1.29, 1.82) is 0 Å². The molecule has 1 aliphatic rings. The third-order valence-corrected chi connectivity index (χ3v) is 6.58. The molecule has 1 aromatic carbocycles. The summed E-state index contributed by atoms with van der Waals surface area (Å²) >= 11 is 2.01. The molecule has 0 N–H and O–H groups in total. The molecule has 0 bridgehead atoms. The van der Waals surface area contributed by atoms with Crippen LogP contribution in [0.5, 0.6) is 0 Å². The molecule has 44 heavy (non-hydrogen) atoms. The number of hydrogen-bond acceptors (Lipinski definition) is 4. The van der Waals surface area contributed by atoms with Crippen molar-refractivity contribution >= 4 is 11.9 Å². The molecule has 0 aliphatic carbocycles. The van der Waals surface area contributed by atoms with Crippen molar-refractivity contribution in [1.82, 2.24) is 14.9 Å². The molecule has 0 spiro atoms. The number of rotatable bonds is 4. The monoisotopic (exact) mass is 820 g/mol. The van der Waals surface area contributed by atoms with E-state index >= 15 is 0 Å². The number of halogens is 6. The van der Waals surface area contributed by atoms with E-state index in [1.807, 2.05) is 43.7 Å². The van der Waals surface area contributed by atoms with Gasteiger partial charge >= 0.3 is 111 Å². The fraction of sp³-hybridized carbons (Fsp3) is 0.406. The van der Waals surface area contributed by atoms with Crippen molar-refractivity contribution in [2.24, 2.45) is 0 Å². The van der Waals surface area contributed by atoms with Gasteiger partial charge in [0.1, 0.15) is 0 Å². The van der Waals surface area contributed by atoms with Crippen LogP contribution in [0.2, 0.25) is 0 Å². The maximum absolute atomic E-state index is 10.7. The van der Waals surface area contributed by atoms with E-state index in [9.17, 15) is 25.2 Å². The Morgan fingerprint density at radius 1 is 0.864 bits per heavy atom. The summed E-state index contributed by atoms with van der Waals surface area (Å²) in [5, 5.41) is 0. The second-order valence-corrected chi connectivity index (χ2v) is 14.7. The minimum absolute atomic E-state index is 0.0306. The van der Waals surface area contributed by atoms with Gasteiger partial charge in [0.2, 0.25) is 0 Å². The molecule has 0 saturated carbocycles. The molecule has 1 fully saturated rings. The van der Waals surface area contributed by atoms with Crippen molar-refractivity contribution in [3.05, 3.63) is 83.5 Å². The van der Waals surface area contributed by atoms with Crippen molar-refractivity contribution in [3.8, 4) is 22.6 Å². The molecule has 4 rings (SSSR count). The van der Waals surface area contributed by atoms with Crippen LogP contribution >= 0.6 is 7.81 Å². The molecule has 12 heteroatoms. The SMILES string of the molecule is CC(C)(C)c1ccnc(-c2cc(C(C)(C)C)cc(-c3[c-]cccc3)n2)c1.COC(=C=[C]=[Pt])N1CCCC1.F[P-](F)(F)(F)(F)F. The topological polar surface area (TPSA) is 38.3 Å². The van der Waals surface area contributed by atoms with E-state index in [0.717, 1.165) is 41.6 Å². The van der Waals surface area contributed by atoms with Gasteiger partial charge in [-0.3, -0.25) is 9.97 Å². The first-order valence-corrected chi connectivity index (χ1v) is 16.9. The zero-order valence-electron chi connectivity index (χ0n) is 25.8. The first-order chi connectivity index (χ1) is 20.0. The molecule has 3 aromatic rings. The Morgan fingerprint density at radius 2 is 1.41 bits per heavy atom. The Labute approximate surface area is 266 Å². The van der Waals surface area contributed by atoms with Crippen LogP contribution in [0.4, 0.5) is 25.2 Å². The first-order valence-electron chi connectivity index (χ1n) is 13.8. The summed E-state index contributed by atoms with van der Waals surface area (Å²) in [5.74, 6) is 0.817. The number of benzene rings is 1. The Kier molecular flexibility index (Phi) is 11.7. The summed E-state index contributed by atoms with van der Waals surface area (Å²) in [7, 11) is -8.98. The Morgan fingerprint density at radius 3 is 1.89 bits per heavy atom. The zero-order valence-corrected chi connectivity index (χ0v) is 29.0. The standard InChI is InChI=1S/C24H27N2.C8H11NO.F6P.Pt/c1-23(2,3)18-12-13-25-21(14-18)22-16-19(24(4,5)6)15-20(26-22)17-10-8-7-9-11-17;1-3-8(10-2)9-6-4-5-7-9;1-7(2,3,4,5)6;/h7-10,12-16H,1-6H3;4-7H2,2H3;;/q-1;;-1;. The number of likely N-dealkylation sites (tertiary alicyclic amines) is 1. The number of pyridine rings is 2. The van der Waals surface area contributed by atoms with Crippen LogP contribution in [0.1, 0.15) is 65.5 Å². The summed E-state index contributed by atoms with van der Waals surface area (Å²) in [5.41, 5.74) is 9.33.